The smallest absolute Gasteiger partial charge is 0.136 e. The normalized spacial score (nSPS) is 17.5. The van der Waals surface area contributed by atoms with Gasteiger partial charge in [0.25, 0.3) is 0 Å². The maximum absolute atomic E-state index is 11.9. The molecule has 1 aliphatic heterocycles. The van der Waals surface area contributed by atoms with Crippen molar-refractivity contribution in [2.24, 2.45) is 11.8 Å². The zero-order valence-electron chi connectivity index (χ0n) is 10.5. The summed E-state index contributed by atoms with van der Waals surface area (Å²) < 4.78 is 0. The maximum Gasteiger partial charge on any atom is 0.136 e. The summed E-state index contributed by atoms with van der Waals surface area (Å²) in [5.74, 6) is 1.26. The largest absolute Gasteiger partial charge is 0.316 e. The predicted molar refractivity (Wildman–Crippen MR) is 69.9 cm³/mol. The molecule has 92 valence electrons. The first-order chi connectivity index (χ1) is 8.27. The molecule has 1 heterocycles. The Morgan fingerprint density at radius 1 is 1.35 bits per heavy atom. The van der Waals surface area contributed by atoms with Crippen LogP contribution in [0.15, 0.2) is 30.3 Å². The number of aryl methyl sites for hydroxylation is 1. The zero-order chi connectivity index (χ0) is 12.1. The van der Waals surface area contributed by atoms with Crippen LogP contribution in [0.4, 0.5) is 0 Å². The first-order valence-corrected chi connectivity index (χ1v) is 6.54. The average molecular weight is 231 g/mol. The summed E-state index contributed by atoms with van der Waals surface area (Å²) in [5.41, 5.74) is 1.33. The first-order valence-electron chi connectivity index (χ1n) is 6.54. The Bertz CT molecular complexity index is 356. The van der Waals surface area contributed by atoms with Gasteiger partial charge >= 0.3 is 0 Å². The number of carbonyl (C=O) groups excluding carboxylic acids is 1. The standard InChI is InChI=1S/C15H21NO/c1-12(14-10-16-11-14)15(17)9-5-8-13-6-3-2-4-7-13/h2-4,6-7,12,14,16H,5,8-11H2,1H3. The average Bonchev–Trinajstić information content (AvgIpc) is 2.28. The Kier molecular flexibility index (Phi) is 4.32. The van der Waals surface area contributed by atoms with Gasteiger partial charge in [0.2, 0.25) is 0 Å². The van der Waals surface area contributed by atoms with Gasteiger partial charge in [-0.3, -0.25) is 4.79 Å². The second kappa shape index (κ2) is 5.97. The van der Waals surface area contributed by atoms with Crippen molar-refractivity contribution in [1.82, 2.24) is 5.32 Å². The van der Waals surface area contributed by atoms with E-state index in [0.29, 0.717) is 11.7 Å². The number of benzene rings is 1. The second-order valence-corrected chi connectivity index (χ2v) is 5.01. The number of nitrogens with one attached hydrogen (secondary N) is 1. The van der Waals surface area contributed by atoms with Crippen LogP contribution in [0.1, 0.15) is 25.3 Å². The molecule has 0 spiro atoms. The van der Waals surface area contributed by atoms with Crippen LogP contribution in [0, 0.1) is 11.8 Å². The molecule has 17 heavy (non-hydrogen) atoms. The number of ketones is 1. The summed E-state index contributed by atoms with van der Waals surface area (Å²) >= 11 is 0. The van der Waals surface area contributed by atoms with Gasteiger partial charge in [0, 0.05) is 12.3 Å². The monoisotopic (exact) mass is 231 g/mol. The molecule has 0 aromatic heterocycles. The van der Waals surface area contributed by atoms with Crippen molar-refractivity contribution in [3.63, 3.8) is 0 Å². The minimum absolute atomic E-state index is 0.243. The summed E-state index contributed by atoms with van der Waals surface area (Å²) in [5, 5.41) is 3.23. The molecule has 2 rings (SSSR count). The van der Waals surface area contributed by atoms with Crippen molar-refractivity contribution >= 4 is 5.78 Å². The molecule has 1 atom stereocenters. The van der Waals surface area contributed by atoms with Gasteiger partial charge < -0.3 is 5.32 Å². The van der Waals surface area contributed by atoms with Gasteiger partial charge in [-0.15, -0.1) is 0 Å². The lowest BCUT2D eigenvalue weighted by Gasteiger charge is -2.31. The molecular formula is C15H21NO. The van der Waals surface area contributed by atoms with E-state index in [1.54, 1.807) is 0 Å². The minimum Gasteiger partial charge on any atom is -0.316 e. The van der Waals surface area contributed by atoms with E-state index in [1.165, 1.54) is 5.56 Å². The molecule has 2 nitrogen and oxygen atoms in total. The molecule has 1 aliphatic rings. The van der Waals surface area contributed by atoms with Crippen LogP contribution < -0.4 is 5.32 Å². The van der Waals surface area contributed by atoms with Gasteiger partial charge in [0.1, 0.15) is 5.78 Å². The van der Waals surface area contributed by atoms with Gasteiger partial charge in [-0.05, 0) is 37.4 Å². The molecule has 1 N–H and O–H groups in total. The number of hydrogen-bond acceptors (Lipinski definition) is 2. The van der Waals surface area contributed by atoms with Crippen LogP contribution in [-0.4, -0.2) is 18.9 Å². The van der Waals surface area contributed by atoms with Crippen molar-refractivity contribution in [3.05, 3.63) is 35.9 Å². The lowest BCUT2D eigenvalue weighted by atomic mass is 9.84. The van der Waals surface area contributed by atoms with Crippen LogP contribution in [0.3, 0.4) is 0 Å². The number of rotatable bonds is 6. The third-order valence-electron chi connectivity index (χ3n) is 3.76. The van der Waals surface area contributed by atoms with Crippen molar-refractivity contribution in [2.75, 3.05) is 13.1 Å². The molecule has 0 amide bonds. The Hall–Kier alpha value is -1.15. The van der Waals surface area contributed by atoms with Gasteiger partial charge in [-0.1, -0.05) is 37.3 Å². The molecule has 2 heteroatoms. The van der Waals surface area contributed by atoms with Crippen molar-refractivity contribution in [1.29, 1.82) is 0 Å². The van der Waals surface area contributed by atoms with E-state index in [4.69, 9.17) is 0 Å². The highest BCUT2D eigenvalue weighted by atomic mass is 16.1. The fraction of sp³-hybridized carbons (Fsp3) is 0.533. The Morgan fingerprint density at radius 2 is 2.06 bits per heavy atom. The molecule has 0 aliphatic carbocycles. The molecule has 1 unspecified atom stereocenters. The fourth-order valence-corrected chi connectivity index (χ4v) is 2.27. The van der Waals surface area contributed by atoms with E-state index >= 15 is 0 Å². The molecule has 1 aromatic carbocycles. The Labute approximate surface area is 103 Å². The second-order valence-electron chi connectivity index (χ2n) is 5.01. The van der Waals surface area contributed by atoms with Crippen LogP contribution >= 0.6 is 0 Å². The highest BCUT2D eigenvalue weighted by Crippen LogP contribution is 2.19. The molecule has 0 radical (unpaired) electrons. The van der Waals surface area contributed by atoms with E-state index in [2.05, 4.69) is 36.5 Å². The Morgan fingerprint density at radius 3 is 2.65 bits per heavy atom. The SMILES string of the molecule is CC(C(=O)CCCc1ccccc1)C1CNC1. The molecule has 1 fully saturated rings. The summed E-state index contributed by atoms with van der Waals surface area (Å²) in [6.45, 7) is 4.12. The minimum atomic E-state index is 0.243. The molecular weight excluding hydrogens is 210 g/mol. The third-order valence-corrected chi connectivity index (χ3v) is 3.76. The zero-order valence-corrected chi connectivity index (χ0v) is 10.5. The summed E-state index contributed by atoms with van der Waals surface area (Å²) in [7, 11) is 0. The van der Waals surface area contributed by atoms with E-state index in [1.807, 2.05) is 6.07 Å². The highest BCUT2D eigenvalue weighted by Gasteiger charge is 2.27. The van der Waals surface area contributed by atoms with Crippen LogP contribution in [-0.2, 0) is 11.2 Å². The molecule has 0 saturated carbocycles. The van der Waals surface area contributed by atoms with Gasteiger partial charge in [0.05, 0.1) is 0 Å². The molecule has 0 bridgehead atoms. The lowest BCUT2D eigenvalue weighted by Crippen LogP contribution is -2.47. The number of carbonyl (C=O) groups is 1. The first kappa shape index (κ1) is 12.3. The molecule has 1 aromatic rings. The van der Waals surface area contributed by atoms with Crippen molar-refractivity contribution in [3.8, 4) is 0 Å². The molecule has 1 saturated heterocycles. The topological polar surface area (TPSA) is 29.1 Å². The van der Waals surface area contributed by atoms with Crippen molar-refractivity contribution < 1.29 is 4.79 Å². The lowest BCUT2D eigenvalue weighted by molar-refractivity contribution is -0.124. The van der Waals surface area contributed by atoms with Crippen LogP contribution in [0.5, 0.6) is 0 Å². The third kappa shape index (κ3) is 3.40. The van der Waals surface area contributed by atoms with E-state index in [-0.39, 0.29) is 5.92 Å². The van der Waals surface area contributed by atoms with E-state index in [0.717, 1.165) is 32.4 Å². The van der Waals surface area contributed by atoms with Crippen LogP contribution in [0.2, 0.25) is 0 Å². The predicted octanol–water partition coefficient (Wildman–Crippen LogP) is 2.43. The van der Waals surface area contributed by atoms with Gasteiger partial charge in [-0.2, -0.15) is 0 Å². The van der Waals surface area contributed by atoms with Gasteiger partial charge in [0.15, 0.2) is 0 Å². The summed E-state index contributed by atoms with van der Waals surface area (Å²) in [4.78, 5) is 11.9. The number of hydrogen-bond donors (Lipinski definition) is 1. The van der Waals surface area contributed by atoms with E-state index in [9.17, 15) is 4.79 Å². The van der Waals surface area contributed by atoms with E-state index < -0.39 is 0 Å². The summed E-state index contributed by atoms with van der Waals surface area (Å²) in [6, 6.07) is 10.4. The van der Waals surface area contributed by atoms with Crippen molar-refractivity contribution in [2.45, 2.75) is 26.2 Å². The summed E-state index contributed by atoms with van der Waals surface area (Å²) in [6.07, 6.45) is 2.72. The number of Topliss-reactive ketones (excluding diaryl/α,β-unsaturated/α-hetero) is 1. The van der Waals surface area contributed by atoms with Gasteiger partial charge in [-0.25, -0.2) is 0 Å². The van der Waals surface area contributed by atoms with Crippen LogP contribution in [0.25, 0.3) is 0 Å². The maximum atomic E-state index is 11.9. The quantitative estimate of drug-likeness (QED) is 0.814. The Balaban J connectivity index is 1.69. The fourth-order valence-electron chi connectivity index (χ4n) is 2.27. The highest BCUT2D eigenvalue weighted by molar-refractivity contribution is 5.81.